The zero-order valence-electron chi connectivity index (χ0n) is 32.0. The fourth-order valence-electron chi connectivity index (χ4n) is 6.55. The van der Waals surface area contributed by atoms with Gasteiger partial charge in [-0.1, -0.05) is 148 Å². The molecular formula is C42H74O8. The van der Waals surface area contributed by atoms with Crippen LogP contribution in [-0.2, 0) is 23.9 Å². The highest BCUT2D eigenvalue weighted by Crippen LogP contribution is 2.33. The third kappa shape index (κ3) is 25.0. The quantitative estimate of drug-likeness (QED) is 0.0359. The van der Waals surface area contributed by atoms with Gasteiger partial charge in [-0.25, -0.2) is 0 Å². The molecule has 0 aliphatic heterocycles. The molecule has 0 unspecified atom stereocenters. The molecule has 8 heteroatoms. The molecule has 1 saturated carbocycles. The summed E-state index contributed by atoms with van der Waals surface area (Å²) in [4.78, 5) is 36.5. The van der Waals surface area contributed by atoms with E-state index in [9.17, 15) is 29.7 Å². The Morgan fingerprint density at radius 3 is 1.82 bits per heavy atom. The van der Waals surface area contributed by atoms with Crippen molar-refractivity contribution in [2.75, 3.05) is 13.2 Å². The number of esters is 2. The number of aliphatic hydroxyl groups is 3. The van der Waals surface area contributed by atoms with Crippen LogP contribution >= 0.6 is 0 Å². The molecule has 0 saturated heterocycles. The fraction of sp³-hybridized carbons (Fsp3) is 0.833. The molecule has 8 nitrogen and oxygen atoms in total. The summed E-state index contributed by atoms with van der Waals surface area (Å²) in [6, 6.07) is 0. The van der Waals surface area contributed by atoms with Crippen molar-refractivity contribution in [3.8, 4) is 0 Å². The van der Waals surface area contributed by atoms with Gasteiger partial charge in [-0.3, -0.25) is 14.4 Å². The largest absolute Gasteiger partial charge is 0.463 e. The molecule has 5 atom stereocenters. The van der Waals surface area contributed by atoms with Gasteiger partial charge in [0.2, 0.25) is 0 Å². The number of rotatable bonds is 32. The minimum Gasteiger partial charge on any atom is -0.463 e. The Morgan fingerprint density at radius 1 is 0.740 bits per heavy atom. The number of ketones is 1. The van der Waals surface area contributed by atoms with E-state index in [2.05, 4.69) is 20.8 Å². The third-order valence-electron chi connectivity index (χ3n) is 9.74. The first-order valence-corrected chi connectivity index (χ1v) is 20.3. The van der Waals surface area contributed by atoms with E-state index < -0.39 is 24.3 Å². The van der Waals surface area contributed by atoms with Crippen molar-refractivity contribution in [3.05, 3.63) is 24.3 Å². The maximum absolute atomic E-state index is 12.4. The lowest BCUT2D eigenvalue weighted by Crippen LogP contribution is -2.25. The molecule has 0 bridgehead atoms. The van der Waals surface area contributed by atoms with Gasteiger partial charge in [0.05, 0.1) is 12.2 Å². The number of carbonyl (C=O) groups excluding carboxylic acids is 3. The predicted molar refractivity (Wildman–Crippen MR) is 202 cm³/mol. The number of allylic oxidation sites excluding steroid dienone is 2. The number of unbranched alkanes of at least 4 members (excludes halogenated alkanes) is 15. The van der Waals surface area contributed by atoms with E-state index in [0.29, 0.717) is 32.1 Å². The topological polar surface area (TPSA) is 130 Å². The molecule has 0 aromatic carbocycles. The van der Waals surface area contributed by atoms with E-state index in [-0.39, 0.29) is 49.6 Å². The van der Waals surface area contributed by atoms with Crippen molar-refractivity contribution in [3.63, 3.8) is 0 Å². The predicted octanol–water partition coefficient (Wildman–Crippen LogP) is 9.12. The van der Waals surface area contributed by atoms with E-state index in [4.69, 9.17) is 9.47 Å². The molecule has 0 spiro atoms. The summed E-state index contributed by atoms with van der Waals surface area (Å²) in [6.07, 6.45) is 28.8. The van der Waals surface area contributed by atoms with E-state index >= 15 is 0 Å². The highest BCUT2D eigenvalue weighted by atomic mass is 16.6. The molecule has 50 heavy (non-hydrogen) atoms. The Labute approximate surface area is 304 Å². The van der Waals surface area contributed by atoms with Crippen molar-refractivity contribution < 1.29 is 39.2 Å². The van der Waals surface area contributed by atoms with E-state index in [0.717, 1.165) is 44.4 Å². The van der Waals surface area contributed by atoms with Gasteiger partial charge in [0.15, 0.2) is 0 Å². The van der Waals surface area contributed by atoms with Crippen LogP contribution < -0.4 is 0 Å². The molecule has 0 heterocycles. The molecule has 0 aromatic heterocycles. The molecule has 0 amide bonds. The van der Waals surface area contributed by atoms with Crippen LogP contribution in [0.15, 0.2) is 24.3 Å². The van der Waals surface area contributed by atoms with E-state index in [1.807, 2.05) is 12.2 Å². The van der Waals surface area contributed by atoms with Gasteiger partial charge in [-0.2, -0.15) is 0 Å². The van der Waals surface area contributed by atoms with Crippen LogP contribution in [0, 0.1) is 17.8 Å². The van der Waals surface area contributed by atoms with Crippen molar-refractivity contribution in [1.29, 1.82) is 0 Å². The number of aliphatic hydroxyl groups excluding tert-OH is 3. The molecule has 1 aliphatic carbocycles. The van der Waals surface area contributed by atoms with Gasteiger partial charge in [0, 0.05) is 31.1 Å². The Balaban J connectivity index is 2.03. The van der Waals surface area contributed by atoms with E-state index in [1.165, 1.54) is 70.6 Å². The highest BCUT2D eigenvalue weighted by molar-refractivity contribution is 5.84. The molecule has 1 rings (SSSR count). The molecule has 290 valence electrons. The lowest BCUT2D eigenvalue weighted by molar-refractivity contribution is -0.152. The zero-order chi connectivity index (χ0) is 36.8. The number of Topliss-reactive ketones (excluding diaryl/α,β-unsaturated/α-hetero) is 1. The van der Waals surface area contributed by atoms with Gasteiger partial charge >= 0.3 is 11.9 Å². The minimum atomic E-state index is -1.05. The monoisotopic (exact) mass is 707 g/mol. The Bertz CT molecular complexity index is 929. The maximum atomic E-state index is 12.4. The Hall–Kier alpha value is -2.03. The number of hydrogen-bond donors (Lipinski definition) is 3. The van der Waals surface area contributed by atoms with Gasteiger partial charge in [0.25, 0.3) is 0 Å². The molecule has 3 N–H and O–H groups in total. The highest BCUT2D eigenvalue weighted by Gasteiger charge is 2.39. The summed E-state index contributed by atoms with van der Waals surface area (Å²) in [5.74, 6) is -0.500. The van der Waals surface area contributed by atoms with Crippen LogP contribution in [0.2, 0.25) is 0 Å². The summed E-state index contributed by atoms with van der Waals surface area (Å²) in [5, 5.41) is 30.6. The molecular weight excluding hydrogens is 632 g/mol. The first-order chi connectivity index (χ1) is 24.1. The summed E-state index contributed by atoms with van der Waals surface area (Å²) >= 11 is 0. The average Bonchev–Trinajstić information content (AvgIpc) is 3.35. The Morgan fingerprint density at radius 2 is 1.26 bits per heavy atom. The average molecular weight is 707 g/mol. The van der Waals surface area contributed by atoms with Gasteiger partial charge in [-0.15, -0.1) is 0 Å². The summed E-state index contributed by atoms with van der Waals surface area (Å²) < 4.78 is 10.3. The first kappa shape index (κ1) is 46.0. The fourth-order valence-corrected chi connectivity index (χ4v) is 6.55. The van der Waals surface area contributed by atoms with Crippen molar-refractivity contribution >= 4 is 17.7 Å². The van der Waals surface area contributed by atoms with Crippen molar-refractivity contribution in [1.82, 2.24) is 0 Å². The number of carbonyl (C=O) groups is 3. The van der Waals surface area contributed by atoms with Crippen LogP contribution in [-0.4, -0.2) is 64.6 Å². The summed E-state index contributed by atoms with van der Waals surface area (Å²) in [5.41, 5.74) is 0. The molecule has 1 fully saturated rings. The second kappa shape index (κ2) is 30.6. The number of hydrogen-bond acceptors (Lipinski definition) is 8. The second-order valence-corrected chi connectivity index (χ2v) is 15.0. The zero-order valence-corrected chi connectivity index (χ0v) is 32.0. The van der Waals surface area contributed by atoms with Crippen LogP contribution in [0.1, 0.15) is 175 Å². The summed E-state index contributed by atoms with van der Waals surface area (Å²) in [6.45, 7) is 6.32. The smallest absolute Gasteiger partial charge is 0.305 e. The van der Waals surface area contributed by atoms with E-state index in [1.54, 1.807) is 12.2 Å². The second-order valence-electron chi connectivity index (χ2n) is 15.0. The van der Waals surface area contributed by atoms with Crippen LogP contribution in [0.25, 0.3) is 0 Å². The van der Waals surface area contributed by atoms with Gasteiger partial charge in [0.1, 0.15) is 25.1 Å². The molecule has 0 radical (unpaired) electrons. The lowest BCUT2D eigenvalue weighted by atomic mass is 9.90. The number of ether oxygens (including phenoxy) is 2. The third-order valence-corrected chi connectivity index (χ3v) is 9.74. The van der Waals surface area contributed by atoms with Gasteiger partial charge in [-0.05, 0) is 38.0 Å². The SMILES string of the molecule is CCCCC[C@H](O)/C=C/[C@H]1[C@H](O)CC(=O)[C@@H]1C/C=C\CCCC(=O)OC[C@@H](O)COC(=O)CCCCCCCCCCCCCCCC(C)C. The minimum absolute atomic E-state index is 0.0324. The van der Waals surface area contributed by atoms with Crippen LogP contribution in [0.3, 0.4) is 0 Å². The first-order valence-electron chi connectivity index (χ1n) is 20.3. The maximum Gasteiger partial charge on any atom is 0.305 e. The Kier molecular flexibility index (Phi) is 28.1. The normalized spacial score (nSPS) is 19.2. The molecule has 1 aliphatic rings. The van der Waals surface area contributed by atoms with Crippen LogP contribution in [0.5, 0.6) is 0 Å². The standard InChI is InChI=1S/C42H74O8/c1-4-5-19-25-35(43)29-30-38-37(39(45)31-40(38)46)26-21-17-18-23-28-42(48)50-33-36(44)32-49-41(47)27-22-16-14-12-10-8-6-7-9-11-13-15-20-24-34(2)3/h17,21,29-30,34-38,40,43-44,46H,4-16,18-20,22-28,31-33H2,1-3H3/b21-17-,30-29+/t35-,36-,37+,38+,40+/m0/s1. The molecule has 0 aromatic rings. The van der Waals surface area contributed by atoms with Crippen molar-refractivity contribution in [2.45, 2.75) is 193 Å². The van der Waals surface area contributed by atoms with Gasteiger partial charge < -0.3 is 24.8 Å². The summed E-state index contributed by atoms with van der Waals surface area (Å²) in [7, 11) is 0. The van der Waals surface area contributed by atoms with Crippen LogP contribution in [0.4, 0.5) is 0 Å². The lowest BCUT2D eigenvalue weighted by Gasteiger charge is -2.16. The van der Waals surface area contributed by atoms with Crippen molar-refractivity contribution in [2.24, 2.45) is 17.8 Å².